The Bertz CT molecular complexity index is 302. The Balaban J connectivity index is 2.45. The molecule has 0 fully saturated rings. The van der Waals surface area contributed by atoms with E-state index in [0.717, 1.165) is 11.5 Å². The van der Waals surface area contributed by atoms with Gasteiger partial charge in [-0.15, -0.1) is 0 Å². The molecule has 1 aromatic heterocycles. The highest BCUT2D eigenvalue weighted by atomic mass is 16.3. The van der Waals surface area contributed by atoms with Crippen molar-refractivity contribution < 1.29 is 5.11 Å². The predicted octanol–water partition coefficient (Wildman–Crippen LogP) is 0.454. The van der Waals surface area contributed by atoms with Gasteiger partial charge in [0.1, 0.15) is 5.84 Å². The number of rotatable bonds is 0. The van der Waals surface area contributed by atoms with Crippen molar-refractivity contribution in [2.45, 2.75) is 13.2 Å². The summed E-state index contributed by atoms with van der Waals surface area (Å²) in [6, 6.07) is 3.69. The van der Waals surface area contributed by atoms with Crippen LogP contribution in [0.25, 0.3) is 0 Å². The quantitative estimate of drug-likeness (QED) is 0.565. The summed E-state index contributed by atoms with van der Waals surface area (Å²) in [5.74, 6) is 0.723. The van der Waals surface area contributed by atoms with Crippen molar-refractivity contribution in [3.05, 3.63) is 24.0 Å². The number of amidine groups is 1. The first-order chi connectivity index (χ1) is 5.27. The van der Waals surface area contributed by atoms with Gasteiger partial charge >= 0.3 is 0 Å². The third kappa shape index (κ3) is 0.914. The van der Waals surface area contributed by atoms with E-state index in [1.165, 1.54) is 0 Å². The molecule has 1 aromatic rings. The summed E-state index contributed by atoms with van der Waals surface area (Å²) in [7, 11) is 0. The van der Waals surface area contributed by atoms with Crippen LogP contribution in [0.15, 0.2) is 23.3 Å². The third-order valence-electron chi connectivity index (χ3n) is 1.64. The highest BCUT2D eigenvalue weighted by Gasteiger charge is 2.15. The Hall–Kier alpha value is -1.29. The molecule has 1 unspecified atom stereocenters. The molecule has 58 valence electrons. The number of hydrogen-bond donors (Lipinski definition) is 2. The van der Waals surface area contributed by atoms with E-state index in [1.807, 2.05) is 25.3 Å². The second-order valence-corrected chi connectivity index (χ2v) is 2.50. The average Bonchev–Trinajstić information content (AvgIpc) is 2.34. The molecule has 0 radical (unpaired) electrons. The number of aliphatic imine (C=N–C) groups is 1. The van der Waals surface area contributed by atoms with Gasteiger partial charge in [-0.2, -0.15) is 0 Å². The molecular formula is C7H9N3O. The van der Waals surface area contributed by atoms with Gasteiger partial charge in [0.15, 0.2) is 6.23 Å². The lowest BCUT2D eigenvalue weighted by Gasteiger charge is -2.19. The zero-order valence-corrected chi connectivity index (χ0v) is 6.15. The first-order valence-electron chi connectivity index (χ1n) is 3.44. The number of aliphatic hydroxyl groups excluding tert-OH is 1. The fourth-order valence-corrected chi connectivity index (χ4v) is 1.16. The van der Waals surface area contributed by atoms with Crippen molar-refractivity contribution in [2.24, 2.45) is 4.99 Å². The Morgan fingerprint density at radius 2 is 2.55 bits per heavy atom. The summed E-state index contributed by atoms with van der Waals surface area (Å²) in [5, 5.41) is 9.37. The molecule has 4 heteroatoms. The van der Waals surface area contributed by atoms with Gasteiger partial charge in [0.25, 0.3) is 0 Å². The van der Waals surface area contributed by atoms with Crippen molar-refractivity contribution in [1.29, 1.82) is 0 Å². The molecule has 4 nitrogen and oxygen atoms in total. The van der Waals surface area contributed by atoms with Crippen molar-refractivity contribution >= 4 is 5.84 Å². The summed E-state index contributed by atoms with van der Waals surface area (Å²) >= 11 is 0. The van der Waals surface area contributed by atoms with Crippen LogP contribution in [-0.4, -0.2) is 15.6 Å². The molecule has 0 saturated carbocycles. The molecule has 2 rings (SSSR count). The first kappa shape index (κ1) is 6.42. The van der Waals surface area contributed by atoms with Gasteiger partial charge in [-0.25, -0.2) is 4.99 Å². The minimum atomic E-state index is -0.716. The van der Waals surface area contributed by atoms with Gasteiger partial charge < -0.3 is 5.11 Å². The van der Waals surface area contributed by atoms with E-state index < -0.39 is 6.23 Å². The summed E-state index contributed by atoms with van der Waals surface area (Å²) in [5.41, 5.74) is 3.75. The fourth-order valence-electron chi connectivity index (χ4n) is 1.16. The van der Waals surface area contributed by atoms with E-state index in [-0.39, 0.29) is 0 Å². The van der Waals surface area contributed by atoms with Crippen LogP contribution in [-0.2, 0) is 0 Å². The molecule has 2 N–H and O–H groups in total. The van der Waals surface area contributed by atoms with Crippen molar-refractivity contribution in [3.8, 4) is 0 Å². The zero-order chi connectivity index (χ0) is 7.84. The number of fused-ring (bicyclic) bond motifs is 1. The minimum absolute atomic E-state index is 0.716. The van der Waals surface area contributed by atoms with E-state index in [2.05, 4.69) is 10.4 Å². The van der Waals surface area contributed by atoms with Crippen LogP contribution in [0.5, 0.6) is 0 Å². The smallest absolute Gasteiger partial charge is 0.190 e. The molecule has 2 heterocycles. The van der Waals surface area contributed by atoms with Crippen LogP contribution in [0.4, 0.5) is 0 Å². The monoisotopic (exact) mass is 151 g/mol. The standard InChI is InChI=1S/C7H9N3O/c1-5-8-7(11)6-3-2-4-10(6)9-5/h2-4,7,11H,1H3,(H,8,9). The van der Waals surface area contributed by atoms with Gasteiger partial charge in [0.05, 0.1) is 5.69 Å². The van der Waals surface area contributed by atoms with Gasteiger partial charge in [0, 0.05) is 6.20 Å². The Morgan fingerprint density at radius 3 is 3.36 bits per heavy atom. The van der Waals surface area contributed by atoms with Crippen molar-refractivity contribution in [2.75, 3.05) is 5.43 Å². The lowest BCUT2D eigenvalue weighted by atomic mass is 10.4. The first-order valence-corrected chi connectivity index (χ1v) is 3.44. The van der Waals surface area contributed by atoms with Gasteiger partial charge in [-0.3, -0.25) is 10.1 Å². The van der Waals surface area contributed by atoms with Crippen LogP contribution in [0.2, 0.25) is 0 Å². The number of aliphatic hydroxyl groups is 1. The van der Waals surface area contributed by atoms with Gasteiger partial charge in [-0.1, -0.05) is 0 Å². The fraction of sp³-hybridized carbons (Fsp3) is 0.286. The number of hydrogen-bond acceptors (Lipinski definition) is 3. The minimum Gasteiger partial charge on any atom is -0.367 e. The number of aromatic nitrogens is 1. The molecular weight excluding hydrogens is 142 g/mol. The summed E-state index contributed by atoms with van der Waals surface area (Å²) in [6.45, 7) is 1.81. The Labute approximate surface area is 64.1 Å². The largest absolute Gasteiger partial charge is 0.367 e. The second-order valence-electron chi connectivity index (χ2n) is 2.50. The van der Waals surface area contributed by atoms with Crippen LogP contribution < -0.4 is 5.43 Å². The molecule has 0 saturated heterocycles. The van der Waals surface area contributed by atoms with E-state index in [0.29, 0.717) is 0 Å². The highest BCUT2D eigenvalue weighted by molar-refractivity contribution is 5.87. The summed E-state index contributed by atoms with van der Waals surface area (Å²) in [4.78, 5) is 3.94. The average molecular weight is 151 g/mol. The lowest BCUT2D eigenvalue weighted by Crippen LogP contribution is -2.27. The molecule has 0 spiro atoms. The van der Waals surface area contributed by atoms with Crippen LogP contribution in [0.3, 0.4) is 0 Å². The van der Waals surface area contributed by atoms with Crippen molar-refractivity contribution in [1.82, 2.24) is 4.68 Å². The second kappa shape index (κ2) is 2.10. The molecule has 0 bridgehead atoms. The topological polar surface area (TPSA) is 49.6 Å². The maximum atomic E-state index is 9.37. The SMILES string of the molecule is CC1=NC(O)c2cccn2N1. The summed E-state index contributed by atoms with van der Waals surface area (Å²) in [6.07, 6.45) is 1.13. The van der Waals surface area contributed by atoms with E-state index in [9.17, 15) is 5.11 Å². The summed E-state index contributed by atoms with van der Waals surface area (Å²) < 4.78 is 1.76. The van der Waals surface area contributed by atoms with Gasteiger partial charge in [0.2, 0.25) is 0 Å². The highest BCUT2D eigenvalue weighted by Crippen LogP contribution is 2.16. The van der Waals surface area contributed by atoms with Crippen LogP contribution in [0, 0.1) is 0 Å². The lowest BCUT2D eigenvalue weighted by molar-refractivity contribution is 0.177. The van der Waals surface area contributed by atoms with Crippen LogP contribution in [0.1, 0.15) is 18.8 Å². The predicted molar refractivity (Wildman–Crippen MR) is 41.9 cm³/mol. The maximum Gasteiger partial charge on any atom is 0.190 e. The zero-order valence-electron chi connectivity index (χ0n) is 6.15. The number of nitrogens with one attached hydrogen (secondary N) is 1. The maximum absolute atomic E-state index is 9.37. The molecule has 0 aromatic carbocycles. The molecule has 1 atom stereocenters. The molecule has 0 aliphatic carbocycles. The van der Waals surface area contributed by atoms with E-state index in [4.69, 9.17) is 0 Å². The molecule has 11 heavy (non-hydrogen) atoms. The molecule has 0 amide bonds. The van der Waals surface area contributed by atoms with E-state index in [1.54, 1.807) is 4.68 Å². The Morgan fingerprint density at radius 1 is 1.73 bits per heavy atom. The molecule has 1 aliphatic rings. The van der Waals surface area contributed by atoms with E-state index >= 15 is 0 Å². The van der Waals surface area contributed by atoms with Crippen LogP contribution >= 0.6 is 0 Å². The number of nitrogens with zero attached hydrogens (tertiary/aromatic N) is 2. The van der Waals surface area contributed by atoms with Crippen molar-refractivity contribution in [3.63, 3.8) is 0 Å². The molecule has 1 aliphatic heterocycles. The van der Waals surface area contributed by atoms with Gasteiger partial charge in [-0.05, 0) is 19.1 Å². The normalized spacial score (nSPS) is 22.0. The third-order valence-corrected chi connectivity index (χ3v) is 1.64. The Kier molecular flexibility index (Phi) is 1.22.